The Labute approximate surface area is 183 Å². The molecule has 1 heterocycles. The van der Waals surface area contributed by atoms with Crippen molar-refractivity contribution in [1.82, 2.24) is 4.57 Å². The molecule has 3 rings (SSSR count). The van der Waals surface area contributed by atoms with E-state index in [1.54, 1.807) is 24.3 Å². The number of nitriles is 1. The van der Waals surface area contributed by atoms with Gasteiger partial charge in [-0.2, -0.15) is 5.26 Å². The molecule has 0 bridgehead atoms. The van der Waals surface area contributed by atoms with Crippen molar-refractivity contribution in [2.75, 3.05) is 11.9 Å². The predicted molar refractivity (Wildman–Crippen MR) is 125 cm³/mol. The highest BCUT2D eigenvalue weighted by atomic mass is 16.5. The fourth-order valence-electron chi connectivity index (χ4n) is 3.62. The molecule has 0 radical (unpaired) electrons. The molecular formula is C26H27N3O2. The quantitative estimate of drug-likeness (QED) is 0.419. The number of benzene rings is 2. The van der Waals surface area contributed by atoms with E-state index >= 15 is 0 Å². The van der Waals surface area contributed by atoms with Gasteiger partial charge in [-0.3, -0.25) is 4.79 Å². The molecule has 0 aliphatic rings. The maximum Gasteiger partial charge on any atom is 0.266 e. The highest BCUT2D eigenvalue weighted by Crippen LogP contribution is 2.26. The number of nitrogens with zero attached hydrogens (tertiary/aromatic N) is 2. The molecule has 5 heteroatoms. The van der Waals surface area contributed by atoms with Crippen LogP contribution in [0.15, 0.2) is 54.1 Å². The Morgan fingerprint density at radius 1 is 1.13 bits per heavy atom. The summed E-state index contributed by atoms with van der Waals surface area (Å²) in [7, 11) is 0. The van der Waals surface area contributed by atoms with E-state index in [2.05, 4.69) is 35.9 Å². The third-order valence-corrected chi connectivity index (χ3v) is 5.36. The van der Waals surface area contributed by atoms with Gasteiger partial charge in [-0.1, -0.05) is 18.2 Å². The number of aromatic nitrogens is 1. The molecule has 5 nitrogen and oxygen atoms in total. The first-order chi connectivity index (χ1) is 14.8. The molecule has 0 saturated heterocycles. The zero-order chi connectivity index (χ0) is 22.5. The molecule has 31 heavy (non-hydrogen) atoms. The van der Waals surface area contributed by atoms with Gasteiger partial charge in [0.15, 0.2) is 0 Å². The summed E-state index contributed by atoms with van der Waals surface area (Å²) < 4.78 is 7.63. The minimum absolute atomic E-state index is 0.0445. The van der Waals surface area contributed by atoms with E-state index in [1.165, 1.54) is 11.1 Å². The molecule has 1 aromatic heterocycles. The van der Waals surface area contributed by atoms with Crippen LogP contribution in [0.25, 0.3) is 11.8 Å². The Kier molecular flexibility index (Phi) is 6.61. The van der Waals surface area contributed by atoms with Gasteiger partial charge in [-0.05, 0) is 81.7 Å². The molecule has 2 aromatic carbocycles. The summed E-state index contributed by atoms with van der Waals surface area (Å²) >= 11 is 0. The molecule has 0 saturated carbocycles. The summed E-state index contributed by atoms with van der Waals surface area (Å²) in [6.45, 7) is 10.7. The van der Waals surface area contributed by atoms with Crippen LogP contribution in [0.3, 0.4) is 0 Å². The van der Waals surface area contributed by atoms with Gasteiger partial charge in [0.1, 0.15) is 17.4 Å². The van der Waals surface area contributed by atoms with Gasteiger partial charge in [0.05, 0.1) is 6.61 Å². The number of anilines is 1. The van der Waals surface area contributed by atoms with Crippen LogP contribution in [0.5, 0.6) is 5.75 Å². The lowest BCUT2D eigenvalue weighted by molar-refractivity contribution is -0.112. The van der Waals surface area contributed by atoms with Crippen LogP contribution >= 0.6 is 0 Å². The second-order valence-corrected chi connectivity index (χ2v) is 7.47. The maximum atomic E-state index is 12.7. The third-order valence-electron chi connectivity index (χ3n) is 5.36. The van der Waals surface area contributed by atoms with Gasteiger partial charge < -0.3 is 14.6 Å². The topological polar surface area (TPSA) is 67.0 Å². The lowest BCUT2D eigenvalue weighted by atomic mass is 10.1. The van der Waals surface area contributed by atoms with Crippen LogP contribution in [0, 0.1) is 39.0 Å². The zero-order valence-electron chi connectivity index (χ0n) is 18.6. The Morgan fingerprint density at radius 3 is 2.58 bits per heavy atom. The van der Waals surface area contributed by atoms with E-state index in [-0.39, 0.29) is 5.57 Å². The van der Waals surface area contributed by atoms with Crippen molar-refractivity contribution in [3.05, 3.63) is 82.2 Å². The molecule has 0 atom stereocenters. The lowest BCUT2D eigenvalue weighted by Gasteiger charge is -2.14. The van der Waals surface area contributed by atoms with Gasteiger partial charge in [0, 0.05) is 28.8 Å². The molecule has 158 valence electrons. The molecular weight excluding hydrogens is 386 g/mol. The predicted octanol–water partition coefficient (Wildman–Crippen LogP) is 5.66. The van der Waals surface area contributed by atoms with E-state index < -0.39 is 5.91 Å². The Balaban J connectivity index is 1.93. The average molecular weight is 414 g/mol. The second-order valence-electron chi connectivity index (χ2n) is 7.47. The summed E-state index contributed by atoms with van der Waals surface area (Å²) in [4.78, 5) is 12.7. The summed E-state index contributed by atoms with van der Waals surface area (Å²) in [5, 5.41) is 12.4. The number of hydrogen-bond donors (Lipinski definition) is 1. The van der Waals surface area contributed by atoms with E-state index in [0.29, 0.717) is 18.0 Å². The van der Waals surface area contributed by atoms with E-state index in [9.17, 15) is 10.1 Å². The van der Waals surface area contributed by atoms with Crippen LogP contribution < -0.4 is 10.1 Å². The van der Waals surface area contributed by atoms with Crippen molar-refractivity contribution in [3.8, 4) is 17.5 Å². The lowest BCUT2D eigenvalue weighted by Crippen LogP contribution is -2.13. The van der Waals surface area contributed by atoms with Crippen LogP contribution in [-0.2, 0) is 4.79 Å². The molecule has 1 amide bonds. The number of nitrogens with one attached hydrogen (secondary N) is 1. The number of carbonyl (C=O) groups excluding carboxylic acids is 1. The van der Waals surface area contributed by atoms with Crippen molar-refractivity contribution < 1.29 is 9.53 Å². The van der Waals surface area contributed by atoms with Crippen molar-refractivity contribution in [2.45, 2.75) is 34.6 Å². The van der Waals surface area contributed by atoms with Gasteiger partial charge >= 0.3 is 0 Å². The van der Waals surface area contributed by atoms with Crippen LogP contribution in [0.1, 0.15) is 35.0 Å². The van der Waals surface area contributed by atoms with Crippen LogP contribution in [-0.4, -0.2) is 17.1 Å². The molecule has 0 fully saturated rings. The highest BCUT2D eigenvalue weighted by Gasteiger charge is 2.15. The van der Waals surface area contributed by atoms with Crippen molar-refractivity contribution >= 4 is 17.7 Å². The second kappa shape index (κ2) is 9.36. The fourth-order valence-corrected chi connectivity index (χ4v) is 3.62. The Hall–Kier alpha value is -3.78. The minimum atomic E-state index is -0.451. The van der Waals surface area contributed by atoms with Gasteiger partial charge in [0.2, 0.25) is 0 Å². The highest BCUT2D eigenvalue weighted by molar-refractivity contribution is 6.09. The summed E-state index contributed by atoms with van der Waals surface area (Å²) in [5.74, 6) is 0.215. The summed E-state index contributed by atoms with van der Waals surface area (Å²) in [6, 6.07) is 17.4. The summed E-state index contributed by atoms with van der Waals surface area (Å²) in [5.41, 5.74) is 7.00. The number of ether oxygens (including phenoxy) is 1. The van der Waals surface area contributed by atoms with Gasteiger partial charge in [-0.25, -0.2) is 0 Å². The standard InChI is InChI=1S/C26H27N3O2/c1-6-31-24-11-8-10-23(15-24)28-26(30)22(16-27)14-21-13-18(3)29(20(21)5)25-12-7-9-17(2)19(25)4/h7-15H,6H2,1-5H3,(H,28,30)/b22-14+. The summed E-state index contributed by atoms with van der Waals surface area (Å²) in [6.07, 6.45) is 1.64. The van der Waals surface area contributed by atoms with Crippen molar-refractivity contribution in [3.63, 3.8) is 0 Å². The van der Waals surface area contributed by atoms with Gasteiger partial charge in [-0.15, -0.1) is 0 Å². The average Bonchev–Trinajstić information content (AvgIpc) is 3.01. The van der Waals surface area contributed by atoms with Crippen molar-refractivity contribution in [1.29, 1.82) is 5.26 Å². The number of aryl methyl sites for hydroxylation is 2. The molecule has 0 unspecified atom stereocenters. The van der Waals surface area contributed by atoms with E-state index in [0.717, 1.165) is 22.6 Å². The molecule has 0 aliphatic heterocycles. The van der Waals surface area contributed by atoms with E-state index in [1.807, 2.05) is 45.0 Å². The normalized spacial score (nSPS) is 11.2. The number of rotatable bonds is 6. The minimum Gasteiger partial charge on any atom is -0.494 e. The Bertz CT molecular complexity index is 1200. The van der Waals surface area contributed by atoms with Crippen molar-refractivity contribution in [2.24, 2.45) is 0 Å². The van der Waals surface area contributed by atoms with Crippen LogP contribution in [0.4, 0.5) is 5.69 Å². The van der Waals surface area contributed by atoms with Gasteiger partial charge in [0.25, 0.3) is 5.91 Å². The number of carbonyl (C=O) groups is 1. The Morgan fingerprint density at radius 2 is 1.87 bits per heavy atom. The first-order valence-corrected chi connectivity index (χ1v) is 10.3. The maximum absolute atomic E-state index is 12.7. The smallest absolute Gasteiger partial charge is 0.266 e. The largest absolute Gasteiger partial charge is 0.494 e. The first-order valence-electron chi connectivity index (χ1n) is 10.3. The van der Waals surface area contributed by atoms with E-state index in [4.69, 9.17) is 4.74 Å². The molecule has 3 aromatic rings. The zero-order valence-corrected chi connectivity index (χ0v) is 18.6. The number of hydrogen-bond acceptors (Lipinski definition) is 3. The van der Waals surface area contributed by atoms with Crippen LogP contribution in [0.2, 0.25) is 0 Å². The fraction of sp³-hybridized carbons (Fsp3) is 0.231. The molecule has 0 aliphatic carbocycles. The third kappa shape index (κ3) is 4.70. The molecule has 1 N–H and O–H groups in total. The monoisotopic (exact) mass is 413 g/mol. The number of amides is 1. The molecule has 0 spiro atoms. The first kappa shape index (κ1) is 21.9. The SMILES string of the molecule is CCOc1cccc(NC(=O)/C(C#N)=C/c2cc(C)n(-c3cccc(C)c3C)c2C)c1.